The molecule has 0 spiro atoms. The maximum absolute atomic E-state index is 12.1. The highest BCUT2D eigenvalue weighted by Crippen LogP contribution is 2.14. The number of hydrogen-bond acceptors (Lipinski definition) is 6. The van der Waals surface area contributed by atoms with E-state index in [1.807, 2.05) is 0 Å². The first kappa shape index (κ1) is 13.2. The summed E-state index contributed by atoms with van der Waals surface area (Å²) in [6.45, 7) is 1.67. The van der Waals surface area contributed by atoms with Crippen molar-refractivity contribution in [1.82, 2.24) is 29.7 Å². The zero-order valence-corrected chi connectivity index (χ0v) is 11.7. The quantitative estimate of drug-likeness (QED) is 0.724. The van der Waals surface area contributed by atoms with Gasteiger partial charge in [-0.2, -0.15) is 13.5 Å². The summed E-state index contributed by atoms with van der Waals surface area (Å²) in [5.41, 5.74) is 0.339. The Hall–Kier alpha value is -2.75. The number of hydrogen-bond donors (Lipinski definition) is 2. The van der Waals surface area contributed by atoms with Crippen LogP contribution in [0.15, 0.2) is 42.2 Å². The first-order valence-electron chi connectivity index (χ1n) is 5.90. The van der Waals surface area contributed by atoms with Gasteiger partial charge < -0.3 is 4.98 Å². The van der Waals surface area contributed by atoms with E-state index in [1.54, 1.807) is 19.1 Å². The Kier molecular flexibility index (Phi) is 3.14. The molecule has 3 aromatic rings. The molecule has 0 aromatic carbocycles. The van der Waals surface area contributed by atoms with Crippen LogP contribution in [0.5, 0.6) is 0 Å². The van der Waals surface area contributed by atoms with Gasteiger partial charge in [0.05, 0.1) is 18.1 Å². The van der Waals surface area contributed by atoms with Gasteiger partial charge in [0.25, 0.3) is 10.0 Å². The highest BCUT2D eigenvalue weighted by Gasteiger charge is 2.16. The zero-order chi connectivity index (χ0) is 14.9. The first-order valence-corrected chi connectivity index (χ1v) is 7.38. The molecule has 0 amide bonds. The largest absolute Gasteiger partial charge is 0.332 e. The minimum Gasteiger partial charge on any atom is -0.332 e. The third-order valence-electron chi connectivity index (χ3n) is 2.62. The first-order chi connectivity index (χ1) is 10.0. The summed E-state index contributed by atoms with van der Waals surface area (Å²) < 4.78 is 28.1. The lowest BCUT2D eigenvalue weighted by Gasteiger charge is -2.06. The van der Waals surface area contributed by atoms with E-state index in [9.17, 15) is 8.42 Å². The standard InChI is InChI=1S/C11H11N7O2S/c1-8-13-5-11(16-8)21(19,20)17-9-2-3-10(14-4-9)18-7-12-6-15-18/h2-7,17H,1H3,(H,13,16). The van der Waals surface area contributed by atoms with Gasteiger partial charge in [-0.05, 0) is 19.1 Å². The molecule has 0 unspecified atom stereocenters. The number of aromatic amines is 1. The van der Waals surface area contributed by atoms with Crippen LogP contribution >= 0.6 is 0 Å². The Labute approximate surface area is 120 Å². The number of sulfonamides is 1. The van der Waals surface area contributed by atoms with Crippen molar-refractivity contribution in [1.29, 1.82) is 0 Å². The van der Waals surface area contributed by atoms with Gasteiger partial charge in [0.1, 0.15) is 18.5 Å². The molecule has 0 saturated carbocycles. The maximum atomic E-state index is 12.1. The molecule has 21 heavy (non-hydrogen) atoms. The second-order valence-corrected chi connectivity index (χ2v) is 5.83. The maximum Gasteiger partial charge on any atom is 0.279 e. The molecule has 0 aliphatic heterocycles. The van der Waals surface area contributed by atoms with Crippen LogP contribution in [-0.4, -0.2) is 38.1 Å². The SMILES string of the molecule is Cc1ncc(S(=O)(=O)Nc2ccc(-n3cncn3)nc2)[nH]1. The minimum atomic E-state index is -3.70. The number of imidazole rings is 1. The van der Waals surface area contributed by atoms with Crippen molar-refractivity contribution in [2.45, 2.75) is 11.9 Å². The Morgan fingerprint density at radius 3 is 2.67 bits per heavy atom. The molecule has 0 bridgehead atoms. The van der Waals surface area contributed by atoms with Crippen LogP contribution in [-0.2, 0) is 10.0 Å². The van der Waals surface area contributed by atoms with E-state index in [1.165, 1.54) is 29.7 Å². The molecule has 0 saturated heterocycles. The van der Waals surface area contributed by atoms with Crippen LogP contribution in [0.25, 0.3) is 5.82 Å². The lowest BCUT2D eigenvalue weighted by molar-refractivity contribution is 0.598. The topological polar surface area (TPSA) is 118 Å². The van der Waals surface area contributed by atoms with E-state index in [-0.39, 0.29) is 5.03 Å². The molecule has 10 heteroatoms. The number of aromatic nitrogens is 6. The number of anilines is 1. The smallest absolute Gasteiger partial charge is 0.279 e. The van der Waals surface area contributed by atoms with Crippen molar-refractivity contribution < 1.29 is 8.42 Å². The Morgan fingerprint density at radius 2 is 2.10 bits per heavy atom. The van der Waals surface area contributed by atoms with Crippen LogP contribution < -0.4 is 4.72 Å². The van der Waals surface area contributed by atoms with E-state index in [4.69, 9.17) is 0 Å². The molecule has 2 N–H and O–H groups in total. The second kappa shape index (κ2) is 4.98. The molecular formula is C11H11N7O2S. The molecule has 3 rings (SSSR count). The van der Waals surface area contributed by atoms with Crippen LogP contribution in [0.2, 0.25) is 0 Å². The van der Waals surface area contributed by atoms with Crippen molar-refractivity contribution in [3.05, 3.63) is 43.0 Å². The molecule has 0 radical (unpaired) electrons. The van der Waals surface area contributed by atoms with Crippen LogP contribution in [0.1, 0.15) is 5.82 Å². The van der Waals surface area contributed by atoms with E-state index < -0.39 is 10.0 Å². The predicted molar refractivity (Wildman–Crippen MR) is 73.3 cm³/mol. The molecule has 0 fully saturated rings. The summed E-state index contributed by atoms with van der Waals surface area (Å²) in [7, 11) is -3.70. The van der Waals surface area contributed by atoms with E-state index in [0.717, 1.165) is 0 Å². The van der Waals surface area contributed by atoms with Gasteiger partial charge in [-0.25, -0.2) is 19.6 Å². The average molecular weight is 305 g/mol. The third kappa shape index (κ3) is 2.74. The monoisotopic (exact) mass is 305 g/mol. The van der Waals surface area contributed by atoms with Gasteiger partial charge in [0.15, 0.2) is 10.8 Å². The molecule has 9 nitrogen and oxygen atoms in total. The van der Waals surface area contributed by atoms with E-state index >= 15 is 0 Å². The van der Waals surface area contributed by atoms with Crippen LogP contribution in [0.3, 0.4) is 0 Å². The molecule has 3 heterocycles. The van der Waals surface area contributed by atoms with Gasteiger partial charge in [0.2, 0.25) is 0 Å². The number of rotatable bonds is 4. The fraction of sp³-hybridized carbons (Fsp3) is 0.0909. The summed E-state index contributed by atoms with van der Waals surface area (Å²) in [5, 5.41) is 3.93. The summed E-state index contributed by atoms with van der Waals surface area (Å²) in [4.78, 5) is 14.5. The fourth-order valence-electron chi connectivity index (χ4n) is 1.65. The van der Waals surface area contributed by atoms with E-state index in [2.05, 4.69) is 29.8 Å². The number of H-pyrrole nitrogens is 1. The molecule has 0 aliphatic carbocycles. The fourth-order valence-corrected chi connectivity index (χ4v) is 2.67. The Bertz CT molecular complexity index is 837. The zero-order valence-electron chi connectivity index (χ0n) is 10.9. The van der Waals surface area contributed by atoms with Gasteiger partial charge >= 0.3 is 0 Å². The number of aryl methyl sites for hydroxylation is 1. The summed E-state index contributed by atoms with van der Waals surface area (Å²) in [6, 6.07) is 3.22. The van der Waals surface area contributed by atoms with Crippen molar-refractivity contribution in [2.75, 3.05) is 4.72 Å². The molecule has 108 valence electrons. The van der Waals surface area contributed by atoms with Crippen molar-refractivity contribution >= 4 is 15.7 Å². The molecule has 0 atom stereocenters. The van der Waals surface area contributed by atoms with Crippen molar-refractivity contribution in [2.24, 2.45) is 0 Å². The van der Waals surface area contributed by atoms with Crippen LogP contribution in [0, 0.1) is 6.92 Å². The highest BCUT2D eigenvalue weighted by atomic mass is 32.2. The van der Waals surface area contributed by atoms with Gasteiger partial charge in [-0.15, -0.1) is 0 Å². The van der Waals surface area contributed by atoms with Crippen molar-refractivity contribution in [3.63, 3.8) is 0 Å². The molecular weight excluding hydrogens is 294 g/mol. The lowest BCUT2D eigenvalue weighted by atomic mass is 10.4. The van der Waals surface area contributed by atoms with Gasteiger partial charge in [-0.3, -0.25) is 4.72 Å². The minimum absolute atomic E-state index is 0.000327. The van der Waals surface area contributed by atoms with E-state index in [0.29, 0.717) is 17.3 Å². The number of pyridine rings is 1. The van der Waals surface area contributed by atoms with Crippen LogP contribution in [0.4, 0.5) is 5.69 Å². The predicted octanol–water partition coefficient (Wildman–Crippen LogP) is 0.495. The summed E-state index contributed by atoms with van der Waals surface area (Å²) in [5.74, 6) is 1.06. The van der Waals surface area contributed by atoms with Gasteiger partial charge in [-0.1, -0.05) is 0 Å². The summed E-state index contributed by atoms with van der Waals surface area (Å²) >= 11 is 0. The van der Waals surface area contributed by atoms with Gasteiger partial charge in [0, 0.05) is 0 Å². The normalized spacial score (nSPS) is 11.5. The second-order valence-electron chi connectivity index (χ2n) is 4.18. The summed E-state index contributed by atoms with van der Waals surface area (Å²) in [6.07, 6.45) is 5.55. The molecule has 3 aromatic heterocycles. The highest BCUT2D eigenvalue weighted by molar-refractivity contribution is 7.92. The lowest BCUT2D eigenvalue weighted by Crippen LogP contribution is -2.13. The number of nitrogens with zero attached hydrogens (tertiary/aromatic N) is 5. The molecule has 0 aliphatic rings. The average Bonchev–Trinajstić information content (AvgIpc) is 3.10. The third-order valence-corrected chi connectivity index (χ3v) is 3.91. The Morgan fingerprint density at radius 1 is 1.24 bits per heavy atom. The van der Waals surface area contributed by atoms with Crippen molar-refractivity contribution in [3.8, 4) is 5.82 Å². The Balaban J connectivity index is 1.82. The number of nitrogens with one attached hydrogen (secondary N) is 2.